The Morgan fingerprint density at radius 2 is 2.22 bits per heavy atom. The molecule has 1 aliphatic heterocycles. The van der Waals surface area contributed by atoms with Crippen molar-refractivity contribution >= 4 is 0 Å². The van der Waals surface area contributed by atoms with Gasteiger partial charge in [0.2, 0.25) is 0 Å². The number of hydrogen-bond donors (Lipinski definition) is 1. The molecule has 94 valence electrons. The molecule has 1 aromatic carbocycles. The van der Waals surface area contributed by atoms with Crippen LogP contribution in [0.4, 0.5) is 0 Å². The lowest BCUT2D eigenvalue weighted by molar-refractivity contribution is 0.0501. The van der Waals surface area contributed by atoms with Crippen LogP contribution in [-0.2, 0) is 5.54 Å². The van der Waals surface area contributed by atoms with Crippen LogP contribution in [0, 0.1) is 11.3 Å². The Hall–Kier alpha value is -1.79. The van der Waals surface area contributed by atoms with E-state index in [9.17, 15) is 5.26 Å². The topological polar surface area (TPSA) is 45.0 Å². The number of para-hydroxylation sites is 1. The number of benzene rings is 1. The van der Waals surface area contributed by atoms with Crippen molar-refractivity contribution in [2.24, 2.45) is 0 Å². The summed E-state index contributed by atoms with van der Waals surface area (Å²) in [4.78, 5) is 0. The summed E-state index contributed by atoms with van der Waals surface area (Å²) in [6.07, 6.45) is 2.38. The number of fused-ring (bicyclic) bond motifs is 1. The number of nitrogens with one attached hydrogen (secondary N) is 1. The first-order valence-electron chi connectivity index (χ1n) is 6.09. The minimum atomic E-state index is -0.702. The Labute approximate surface area is 108 Å². The summed E-state index contributed by atoms with van der Waals surface area (Å²) in [6, 6.07) is 10.1. The summed E-state index contributed by atoms with van der Waals surface area (Å²) < 4.78 is 5.94. The average molecular weight is 242 g/mol. The first-order valence-corrected chi connectivity index (χ1v) is 6.09. The molecular weight excluding hydrogens is 224 g/mol. The first kappa shape index (κ1) is 12.7. The largest absolute Gasteiger partial charge is 0.487 e. The predicted molar refractivity (Wildman–Crippen MR) is 71.3 cm³/mol. The van der Waals surface area contributed by atoms with E-state index in [2.05, 4.69) is 18.0 Å². The van der Waals surface area contributed by atoms with E-state index in [0.717, 1.165) is 11.3 Å². The van der Waals surface area contributed by atoms with Crippen molar-refractivity contribution in [3.63, 3.8) is 0 Å². The molecule has 0 aliphatic carbocycles. The molecule has 0 fully saturated rings. The van der Waals surface area contributed by atoms with Gasteiger partial charge in [0.05, 0.1) is 6.07 Å². The van der Waals surface area contributed by atoms with Gasteiger partial charge in [0.15, 0.2) is 0 Å². The smallest absolute Gasteiger partial charge is 0.139 e. The Bertz CT molecular complexity index is 501. The number of nitrogens with zero attached hydrogens (tertiary/aromatic N) is 1. The number of nitriles is 1. The number of rotatable bonds is 3. The quantitative estimate of drug-likeness (QED) is 0.829. The molecule has 1 aliphatic rings. The Morgan fingerprint density at radius 3 is 2.89 bits per heavy atom. The van der Waals surface area contributed by atoms with Gasteiger partial charge in [0.1, 0.15) is 16.9 Å². The molecule has 2 rings (SSSR count). The fraction of sp³-hybridized carbons (Fsp3) is 0.400. The van der Waals surface area contributed by atoms with Crippen LogP contribution in [0.1, 0.15) is 25.8 Å². The summed E-state index contributed by atoms with van der Waals surface area (Å²) in [6.45, 7) is 8.30. The zero-order chi connectivity index (χ0) is 13.2. The van der Waals surface area contributed by atoms with Crippen molar-refractivity contribution in [1.82, 2.24) is 5.32 Å². The van der Waals surface area contributed by atoms with Crippen LogP contribution < -0.4 is 10.1 Å². The molecule has 0 amide bonds. The van der Waals surface area contributed by atoms with Crippen molar-refractivity contribution in [3.8, 4) is 11.8 Å². The predicted octanol–water partition coefficient (Wildman–Crippen LogP) is 2.74. The second-order valence-corrected chi connectivity index (χ2v) is 5.22. The van der Waals surface area contributed by atoms with Gasteiger partial charge in [0, 0.05) is 18.5 Å². The van der Waals surface area contributed by atoms with Gasteiger partial charge in [-0.3, -0.25) is 5.32 Å². The SMILES string of the molecule is C=CCNC1(C#N)CC(C)(C)Oc2ccccc21. The lowest BCUT2D eigenvalue weighted by Crippen LogP contribution is -2.51. The molecular formula is C15H18N2O. The molecule has 18 heavy (non-hydrogen) atoms. The van der Waals surface area contributed by atoms with Crippen LogP contribution in [0.2, 0.25) is 0 Å². The normalized spacial score (nSPS) is 24.5. The van der Waals surface area contributed by atoms with Crippen LogP contribution in [0.5, 0.6) is 5.75 Å². The van der Waals surface area contributed by atoms with E-state index < -0.39 is 5.54 Å². The van der Waals surface area contributed by atoms with Gasteiger partial charge in [-0.25, -0.2) is 0 Å². The summed E-state index contributed by atoms with van der Waals surface area (Å²) in [5.74, 6) is 0.784. The van der Waals surface area contributed by atoms with Gasteiger partial charge in [-0.1, -0.05) is 24.3 Å². The highest BCUT2D eigenvalue weighted by atomic mass is 16.5. The third-order valence-corrected chi connectivity index (χ3v) is 3.16. The van der Waals surface area contributed by atoms with Gasteiger partial charge < -0.3 is 4.74 Å². The molecule has 1 N–H and O–H groups in total. The Morgan fingerprint density at radius 1 is 1.50 bits per heavy atom. The van der Waals surface area contributed by atoms with E-state index in [0.29, 0.717) is 13.0 Å². The monoisotopic (exact) mass is 242 g/mol. The molecule has 0 bridgehead atoms. The highest BCUT2D eigenvalue weighted by Gasteiger charge is 2.45. The van der Waals surface area contributed by atoms with Gasteiger partial charge >= 0.3 is 0 Å². The minimum Gasteiger partial charge on any atom is -0.487 e. The van der Waals surface area contributed by atoms with Gasteiger partial charge in [-0.05, 0) is 19.9 Å². The van der Waals surface area contributed by atoms with E-state index in [1.807, 2.05) is 38.1 Å². The lowest BCUT2D eigenvalue weighted by atomic mass is 9.78. The van der Waals surface area contributed by atoms with Crippen molar-refractivity contribution in [2.75, 3.05) is 6.54 Å². The van der Waals surface area contributed by atoms with E-state index in [4.69, 9.17) is 4.74 Å². The second-order valence-electron chi connectivity index (χ2n) is 5.22. The number of hydrogen-bond acceptors (Lipinski definition) is 3. The summed E-state index contributed by atoms with van der Waals surface area (Å²) >= 11 is 0. The first-order chi connectivity index (χ1) is 8.53. The molecule has 1 unspecified atom stereocenters. The summed E-state index contributed by atoms with van der Waals surface area (Å²) in [5, 5.41) is 12.9. The molecule has 1 atom stereocenters. The highest BCUT2D eigenvalue weighted by molar-refractivity contribution is 5.46. The van der Waals surface area contributed by atoms with Crippen molar-refractivity contribution in [1.29, 1.82) is 5.26 Å². The maximum absolute atomic E-state index is 9.64. The molecule has 0 radical (unpaired) electrons. The molecule has 1 aromatic rings. The van der Waals surface area contributed by atoms with E-state index in [1.54, 1.807) is 6.08 Å². The van der Waals surface area contributed by atoms with Gasteiger partial charge in [-0.15, -0.1) is 6.58 Å². The molecule has 0 saturated carbocycles. The second kappa shape index (κ2) is 4.47. The van der Waals surface area contributed by atoms with E-state index in [1.165, 1.54) is 0 Å². The van der Waals surface area contributed by atoms with Gasteiger partial charge in [0.25, 0.3) is 0 Å². The van der Waals surface area contributed by atoms with E-state index >= 15 is 0 Å². The maximum atomic E-state index is 9.64. The third-order valence-electron chi connectivity index (χ3n) is 3.16. The molecule has 0 spiro atoms. The van der Waals surface area contributed by atoms with Crippen LogP contribution in [0.15, 0.2) is 36.9 Å². The zero-order valence-electron chi connectivity index (χ0n) is 10.9. The maximum Gasteiger partial charge on any atom is 0.139 e. The summed E-state index contributed by atoms with van der Waals surface area (Å²) in [5.41, 5.74) is -0.154. The highest BCUT2D eigenvalue weighted by Crippen LogP contribution is 2.42. The Kier molecular flexibility index (Phi) is 3.14. The van der Waals surface area contributed by atoms with Crippen molar-refractivity contribution in [2.45, 2.75) is 31.4 Å². The molecule has 1 heterocycles. The number of ether oxygens (including phenoxy) is 1. The molecule has 3 heteroatoms. The molecule has 0 aromatic heterocycles. The zero-order valence-corrected chi connectivity index (χ0v) is 10.9. The average Bonchev–Trinajstić information content (AvgIpc) is 2.34. The van der Waals surface area contributed by atoms with E-state index in [-0.39, 0.29) is 5.60 Å². The van der Waals surface area contributed by atoms with Crippen LogP contribution in [0.3, 0.4) is 0 Å². The van der Waals surface area contributed by atoms with Crippen LogP contribution >= 0.6 is 0 Å². The van der Waals surface area contributed by atoms with Crippen molar-refractivity contribution in [3.05, 3.63) is 42.5 Å². The van der Waals surface area contributed by atoms with Crippen LogP contribution in [-0.4, -0.2) is 12.1 Å². The van der Waals surface area contributed by atoms with Gasteiger partial charge in [-0.2, -0.15) is 5.26 Å². The lowest BCUT2D eigenvalue weighted by Gasteiger charge is -2.42. The third kappa shape index (κ3) is 2.12. The summed E-state index contributed by atoms with van der Waals surface area (Å²) in [7, 11) is 0. The molecule has 3 nitrogen and oxygen atoms in total. The Balaban J connectivity index is 2.51. The standard InChI is InChI=1S/C15H18N2O/c1-4-9-17-15(11-16)10-14(2,3)18-13-8-6-5-7-12(13)15/h4-8,17H,1,9-10H2,2-3H3. The van der Waals surface area contributed by atoms with Crippen LogP contribution in [0.25, 0.3) is 0 Å². The van der Waals surface area contributed by atoms with Crippen molar-refractivity contribution < 1.29 is 4.74 Å². The minimum absolute atomic E-state index is 0.363. The fourth-order valence-corrected chi connectivity index (χ4v) is 2.52. The molecule has 0 saturated heterocycles. The fourth-order valence-electron chi connectivity index (χ4n) is 2.52.